The summed E-state index contributed by atoms with van der Waals surface area (Å²) in [6.45, 7) is 4.62. The standard InChI is InChI=1S/C13H19I/c1-3-4-5-11(2)10-12-6-8-13(14)9-7-12/h6-9,11H,3-5,10H2,1-2H3. The number of halogens is 1. The van der Waals surface area contributed by atoms with Gasteiger partial charge in [-0.2, -0.15) is 0 Å². The Morgan fingerprint density at radius 2 is 1.86 bits per heavy atom. The molecule has 78 valence electrons. The Hall–Kier alpha value is -0.0500. The van der Waals surface area contributed by atoms with Crippen molar-refractivity contribution in [3.05, 3.63) is 33.4 Å². The molecule has 1 heteroatoms. The van der Waals surface area contributed by atoms with Crippen LogP contribution in [0.2, 0.25) is 0 Å². The van der Waals surface area contributed by atoms with Crippen molar-refractivity contribution in [3.8, 4) is 0 Å². The van der Waals surface area contributed by atoms with E-state index in [0.29, 0.717) is 0 Å². The predicted molar refractivity (Wildman–Crippen MR) is 71.6 cm³/mol. The van der Waals surface area contributed by atoms with E-state index in [-0.39, 0.29) is 0 Å². The topological polar surface area (TPSA) is 0 Å². The molecule has 14 heavy (non-hydrogen) atoms. The van der Waals surface area contributed by atoms with E-state index in [1.807, 2.05) is 0 Å². The van der Waals surface area contributed by atoms with Crippen LogP contribution in [-0.4, -0.2) is 0 Å². The molecule has 0 fully saturated rings. The molecular formula is C13H19I. The van der Waals surface area contributed by atoms with Crippen LogP contribution in [0.3, 0.4) is 0 Å². The Kier molecular flexibility index (Phi) is 5.53. The number of hydrogen-bond donors (Lipinski definition) is 0. The second kappa shape index (κ2) is 6.44. The van der Waals surface area contributed by atoms with Gasteiger partial charge in [-0.05, 0) is 52.6 Å². The average Bonchev–Trinajstić information content (AvgIpc) is 2.18. The van der Waals surface area contributed by atoms with E-state index in [1.54, 1.807) is 0 Å². The summed E-state index contributed by atoms with van der Waals surface area (Å²) in [7, 11) is 0. The van der Waals surface area contributed by atoms with Crippen molar-refractivity contribution in [2.75, 3.05) is 0 Å². The second-order valence-electron chi connectivity index (χ2n) is 4.08. The molecular weight excluding hydrogens is 283 g/mol. The highest BCUT2D eigenvalue weighted by Crippen LogP contribution is 2.15. The van der Waals surface area contributed by atoms with Crippen LogP contribution < -0.4 is 0 Å². The summed E-state index contributed by atoms with van der Waals surface area (Å²) in [4.78, 5) is 0. The van der Waals surface area contributed by atoms with Gasteiger partial charge in [-0.3, -0.25) is 0 Å². The number of hydrogen-bond acceptors (Lipinski definition) is 0. The maximum Gasteiger partial charge on any atom is 0.0130 e. The highest BCUT2D eigenvalue weighted by molar-refractivity contribution is 14.1. The molecule has 0 aliphatic carbocycles. The minimum Gasteiger partial charge on any atom is -0.0654 e. The van der Waals surface area contributed by atoms with Crippen molar-refractivity contribution in [1.29, 1.82) is 0 Å². The minimum absolute atomic E-state index is 0.829. The van der Waals surface area contributed by atoms with Gasteiger partial charge in [0.1, 0.15) is 0 Å². The molecule has 0 aliphatic rings. The lowest BCUT2D eigenvalue weighted by Crippen LogP contribution is -1.99. The quantitative estimate of drug-likeness (QED) is 0.694. The Morgan fingerprint density at radius 1 is 1.21 bits per heavy atom. The van der Waals surface area contributed by atoms with E-state index < -0.39 is 0 Å². The highest BCUT2D eigenvalue weighted by Gasteiger charge is 2.02. The predicted octanol–water partition coefficient (Wildman–Crippen LogP) is 4.66. The smallest absolute Gasteiger partial charge is 0.0130 e. The molecule has 0 N–H and O–H groups in total. The molecule has 0 radical (unpaired) electrons. The fraction of sp³-hybridized carbons (Fsp3) is 0.538. The first kappa shape index (κ1) is 12.0. The van der Waals surface area contributed by atoms with E-state index in [9.17, 15) is 0 Å². The van der Waals surface area contributed by atoms with E-state index >= 15 is 0 Å². The van der Waals surface area contributed by atoms with Crippen molar-refractivity contribution in [2.24, 2.45) is 5.92 Å². The van der Waals surface area contributed by atoms with Crippen LogP contribution in [0.4, 0.5) is 0 Å². The fourth-order valence-electron chi connectivity index (χ4n) is 1.68. The third-order valence-electron chi connectivity index (χ3n) is 2.55. The van der Waals surface area contributed by atoms with Crippen LogP contribution in [0, 0.1) is 9.49 Å². The van der Waals surface area contributed by atoms with Gasteiger partial charge in [0, 0.05) is 3.57 Å². The first-order chi connectivity index (χ1) is 6.72. The molecule has 0 aliphatic heterocycles. The summed E-state index contributed by atoms with van der Waals surface area (Å²) in [5, 5.41) is 0. The van der Waals surface area contributed by atoms with Crippen LogP contribution in [0.25, 0.3) is 0 Å². The molecule has 1 rings (SSSR count). The van der Waals surface area contributed by atoms with E-state index in [1.165, 1.54) is 34.8 Å². The lowest BCUT2D eigenvalue weighted by molar-refractivity contribution is 0.503. The van der Waals surface area contributed by atoms with E-state index in [0.717, 1.165) is 5.92 Å². The Morgan fingerprint density at radius 3 is 2.43 bits per heavy atom. The zero-order valence-corrected chi connectivity index (χ0v) is 11.3. The van der Waals surface area contributed by atoms with Crippen LogP contribution in [0.5, 0.6) is 0 Å². The molecule has 0 saturated carbocycles. The van der Waals surface area contributed by atoms with Crippen molar-refractivity contribution >= 4 is 22.6 Å². The second-order valence-corrected chi connectivity index (χ2v) is 5.32. The van der Waals surface area contributed by atoms with E-state index in [4.69, 9.17) is 0 Å². The van der Waals surface area contributed by atoms with Gasteiger partial charge in [0.05, 0.1) is 0 Å². The molecule has 0 heterocycles. The van der Waals surface area contributed by atoms with E-state index in [2.05, 4.69) is 60.7 Å². The zero-order chi connectivity index (χ0) is 10.4. The average molecular weight is 302 g/mol. The summed E-state index contributed by atoms with van der Waals surface area (Å²) >= 11 is 2.35. The van der Waals surface area contributed by atoms with Crippen molar-refractivity contribution < 1.29 is 0 Å². The van der Waals surface area contributed by atoms with Crippen LogP contribution in [0.15, 0.2) is 24.3 Å². The summed E-state index contributed by atoms with van der Waals surface area (Å²) in [6, 6.07) is 8.90. The number of unbranched alkanes of at least 4 members (excludes halogenated alkanes) is 1. The van der Waals surface area contributed by atoms with Gasteiger partial charge in [-0.1, -0.05) is 45.2 Å². The normalized spacial score (nSPS) is 12.8. The molecule has 0 aromatic heterocycles. The maximum atomic E-state index is 2.35. The van der Waals surface area contributed by atoms with Gasteiger partial charge in [-0.15, -0.1) is 0 Å². The lowest BCUT2D eigenvalue weighted by Gasteiger charge is -2.10. The first-order valence-corrected chi connectivity index (χ1v) is 6.54. The van der Waals surface area contributed by atoms with Crippen molar-refractivity contribution in [2.45, 2.75) is 39.5 Å². The SMILES string of the molecule is CCCCC(C)Cc1ccc(I)cc1. The van der Waals surface area contributed by atoms with Gasteiger partial charge >= 0.3 is 0 Å². The monoisotopic (exact) mass is 302 g/mol. The summed E-state index contributed by atoms with van der Waals surface area (Å²) in [5.74, 6) is 0.829. The molecule has 0 spiro atoms. The molecule has 1 unspecified atom stereocenters. The summed E-state index contributed by atoms with van der Waals surface area (Å²) in [6.07, 6.45) is 5.28. The summed E-state index contributed by atoms with van der Waals surface area (Å²) < 4.78 is 1.33. The molecule has 1 atom stereocenters. The van der Waals surface area contributed by atoms with Crippen molar-refractivity contribution in [3.63, 3.8) is 0 Å². The lowest BCUT2D eigenvalue weighted by atomic mass is 9.96. The largest absolute Gasteiger partial charge is 0.0654 e. The number of benzene rings is 1. The minimum atomic E-state index is 0.829. The van der Waals surface area contributed by atoms with Crippen molar-refractivity contribution in [1.82, 2.24) is 0 Å². The van der Waals surface area contributed by atoms with Gasteiger partial charge in [0.15, 0.2) is 0 Å². The van der Waals surface area contributed by atoms with Gasteiger partial charge in [-0.25, -0.2) is 0 Å². The highest BCUT2D eigenvalue weighted by atomic mass is 127. The molecule has 1 aromatic rings. The molecule has 0 bridgehead atoms. The molecule has 0 saturated heterocycles. The third kappa shape index (κ3) is 4.45. The number of rotatable bonds is 5. The Balaban J connectivity index is 2.39. The maximum absolute atomic E-state index is 2.35. The Labute approximate surface area is 101 Å². The third-order valence-corrected chi connectivity index (χ3v) is 3.27. The summed E-state index contributed by atoms with van der Waals surface area (Å²) in [5.41, 5.74) is 1.48. The van der Waals surface area contributed by atoms with Gasteiger partial charge < -0.3 is 0 Å². The fourth-order valence-corrected chi connectivity index (χ4v) is 2.04. The van der Waals surface area contributed by atoms with Crippen LogP contribution in [-0.2, 0) is 6.42 Å². The van der Waals surface area contributed by atoms with Crippen LogP contribution >= 0.6 is 22.6 Å². The zero-order valence-electron chi connectivity index (χ0n) is 9.09. The molecule has 1 aromatic carbocycles. The van der Waals surface area contributed by atoms with Crippen LogP contribution in [0.1, 0.15) is 38.7 Å². The molecule has 0 nitrogen and oxygen atoms in total. The van der Waals surface area contributed by atoms with Gasteiger partial charge in [0.2, 0.25) is 0 Å². The first-order valence-electron chi connectivity index (χ1n) is 5.46. The Bertz CT molecular complexity index is 250. The molecule has 0 amide bonds. The van der Waals surface area contributed by atoms with Gasteiger partial charge in [0.25, 0.3) is 0 Å².